The molecular weight excluding hydrogens is 244 g/mol. The zero-order chi connectivity index (χ0) is 13.2. The second kappa shape index (κ2) is 5.11. The van der Waals surface area contributed by atoms with Crippen molar-refractivity contribution in [2.75, 3.05) is 0 Å². The molecule has 0 saturated heterocycles. The maximum Gasteiger partial charge on any atom is 0.262 e. The quantitative estimate of drug-likeness (QED) is 0.889. The molecule has 3 nitrogen and oxygen atoms in total. The van der Waals surface area contributed by atoms with Gasteiger partial charge in [0.25, 0.3) is 5.91 Å². The molecule has 1 aliphatic rings. The van der Waals surface area contributed by atoms with E-state index in [-0.39, 0.29) is 5.91 Å². The van der Waals surface area contributed by atoms with Crippen molar-refractivity contribution < 1.29 is 4.79 Å². The maximum absolute atomic E-state index is 12.2. The van der Waals surface area contributed by atoms with E-state index in [2.05, 4.69) is 18.3 Å². The van der Waals surface area contributed by atoms with E-state index in [0.717, 1.165) is 36.1 Å². The van der Waals surface area contributed by atoms with Crippen molar-refractivity contribution in [3.63, 3.8) is 0 Å². The van der Waals surface area contributed by atoms with Crippen LogP contribution < -0.4 is 5.32 Å². The Morgan fingerprint density at radius 2 is 2.22 bits per heavy atom. The number of nitrogens with zero attached hydrogens (tertiary/aromatic N) is 1. The van der Waals surface area contributed by atoms with E-state index in [0.29, 0.717) is 5.92 Å². The first-order chi connectivity index (χ1) is 8.56. The molecule has 0 unspecified atom stereocenters. The zero-order valence-electron chi connectivity index (χ0n) is 10.8. The number of carbonyl (C=O) groups excluding carboxylic acids is 1. The fourth-order valence-electron chi connectivity index (χ4n) is 2.40. The summed E-state index contributed by atoms with van der Waals surface area (Å²) in [6, 6.07) is 4.26. The minimum Gasteiger partial charge on any atom is -0.333 e. The SMILES string of the molecule is Cc1ccsc1C(=O)NC1(C#N)CCC(C)CC1. The van der Waals surface area contributed by atoms with E-state index in [1.165, 1.54) is 11.3 Å². The number of rotatable bonds is 2. The zero-order valence-corrected chi connectivity index (χ0v) is 11.6. The van der Waals surface area contributed by atoms with Gasteiger partial charge in [0.05, 0.1) is 10.9 Å². The predicted octanol–water partition coefficient (Wildman–Crippen LogP) is 3.26. The highest BCUT2D eigenvalue weighted by molar-refractivity contribution is 7.12. The van der Waals surface area contributed by atoms with Gasteiger partial charge >= 0.3 is 0 Å². The molecular formula is C14H18N2OS. The van der Waals surface area contributed by atoms with E-state index in [4.69, 9.17) is 0 Å². The number of carbonyl (C=O) groups is 1. The monoisotopic (exact) mass is 262 g/mol. The van der Waals surface area contributed by atoms with Crippen molar-refractivity contribution in [1.82, 2.24) is 5.32 Å². The van der Waals surface area contributed by atoms with Gasteiger partial charge in [-0.2, -0.15) is 5.26 Å². The summed E-state index contributed by atoms with van der Waals surface area (Å²) >= 11 is 1.43. The summed E-state index contributed by atoms with van der Waals surface area (Å²) in [7, 11) is 0. The molecule has 0 bridgehead atoms. The molecule has 1 heterocycles. The summed E-state index contributed by atoms with van der Waals surface area (Å²) < 4.78 is 0. The van der Waals surface area contributed by atoms with Gasteiger partial charge in [0, 0.05) is 0 Å². The van der Waals surface area contributed by atoms with Crippen LogP contribution in [0.5, 0.6) is 0 Å². The third-order valence-electron chi connectivity index (χ3n) is 3.76. The second-order valence-electron chi connectivity index (χ2n) is 5.26. The van der Waals surface area contributed by atoms with Gasteiger partial charge < -0.3 is 5.32 Å². The summed E-state index contributed by atoms with van der Waals surface area (Å²) in [5.41, 5.74) is 0.329. The summed E-state index contributed by atoms with van der Waals surface area (Å²) in [6.07, 6.45) is 3.55. The van der Waals surface area contributed by atoms with Crippen molar-refractivity contribution in [1.29, 1.82) is 5.26 Å². The molecule has 1 saturated carbocycles. The maximum atomic E-state index is 12.2. The number of aryl methyl sites for hydroxylation is 1. The molecule has 1 fully saturated rings. The van der Waals surface area contributed by atoms with Gasteiger partial charge in [0.2, 0.25) is 0 Å². The molecule has 1 amide bonds. The fraction of sp³-hybridized carbons (Fsp3) is 0.571. The predicted molar refractivity (Wildman–Crippen MR) is 72.5 cm³/mol. The molecule has 4 heteroatoms. The van der Waals surface area contributed by atoms with Crippen LogP contribution in [0.1, 0.15) is 47.8 Å². The summed E-state index contributed by atoms with van der Waals surface area (Å²) in [4.78, 5) is 12.9. The van der Waals surface area contributed by atoms with Crippen molar-refractivity contribution >= 4 is 17.2 Å². The summed E-state index contributed by atoms with van der Waals surface area (Å²) in [5, 5.41) is 14.2. The molecule has 1 aliphatic carbocycles. The van der Waals surface area contributed by atoms with Crippen LogP contribution in [0.15, 0.2) is 11.4 Å². The first-order valence-electron chi connectivity index (χ1n) is 6.34. The van der Waals surface area contributed by atoms with Crippen molar-refractivity contribution in [3.05, 3.63) is 21.9 Å². The van der Waals surface area contributed by atoms with Gasteiger partial charge in [-0.3, -0.25) is 4.79 Å². The molecule has 0 spiro atoms. The van der Waals surface area contributed by atoms with Gasteiger partial charge in [0.1, 0.15) is 5.54 Å². The molecule has 0 aliphatic heterocycles. The van der Waals surface area contributed by atoms with E-state index in [9.17, 15) is 10.1 Å². The van der Waals surface area contributed by atoms with Crippen molar-refractivity contribution in [2.24, 2.45) is 5.92 Å². The van der Waals surface area contributed by atoms with Crippen LogP contribution in [-0.2, 0) is 0 Å². The lowest BCUT2D eigenvalue weighted by Gasteiger charge is -2.34. The van der Waals surface area contributed by atoms with Crippen LogP contribution in [0.25, 0.3) is 0 Å². The average Bonchev–Trinajstić information content (AvgIpc) is 2.79. The highest BCUT2D eigenvalue weighted by Crippen LogP contribution is 2.32. The highest BCUT2D eigenvalue weighted by Gasteiger charge is 2.36. The smallest absolute Gasteiger partial charge is 0.262 e. The third kappa shape index (κ3) is 2.56. The Morgan fingerprint density at radius 1 is 1.56 bits per heavy atom. The molecule has 0 atom stereocenters. The molecule has 96 valence electrons. The summed E-state index contributed by atoms with van der Waals surface area (Å²) in [5.74, 6) is 0.561. The van der Waals surface area contributed by atoms with E-state index < -0.39 is 5.54 Å². The Hall–Kier alpha value is -1.34. The Bertz CT molecular complexity index is 478. The minimum atomic E-state index is -0.653. The van der Waals surface area contributed by atoms with Crippen LogP contribution >= 0.6 is 11.3 Å². The molecule has 2 rings (SSSR count). The molecule has 1 N–H and O–H groups in total. The number of thiophene rings is 1. The lowest BCUT2D eigenvalue weighted by molar-refractivity contribution is 0.0897. The van der Waals surface area contributed by atoms with Crippen molar-refractivity contribution in [2.45, 2.75) is 45.1 Å². The van der Waals surface area contributed by atoms with Crippen LogP contribution in [0, 0.1) is 24.2 Å². The molecule has 1 aromatic heterocycles. The van der Waals surface area contributed by atoms with E-state index >= 15 is 0 Å². The molecule has 0 radical (unpaired) electrons. The van der Waals surface area contributed by atoms with Crippen LogP contribution in [0.3, 0.4) is 0 Å². The number of hydrogen-bond acceptors (Lipinski definition) is 3. The summed E-state index contributed by atoms with van der Waals surface area (Å²) in [6.45, 7) is 4.12. The topological polar surface area (TPSA) is 52.9 Å². The number of amides is 1. The number of nitrogens with one attached hydrogen (secondary N) is 1. The van der Waals surface area contributed by atoms with Gasteiger partial charge in [-0.25, -0.2) is 0 Å². The van der Waals surface area contributed by atoms with Crippen LogP contribution in [-0.4, -0.2) is 11.4 Å². The fourth-order valence-corrected chi connectivity index (χ4v) is 3.22. The van der Waals surface area contributed by atoms with Crippen LogP contribution in [0.2, 0.25) is 0 Å². The van der Waals surface area contributed by atoms with Gasteiger partial charge in [-0.05, 0) is 55.5 Å². The standard InChI is InChI=1S/C14H18N2OS/c1-10-3-6-14(9-15,7-4-10)16-13(17)12-11(2)5-8-18-12/h5,8,10H,3-4,6-7H2,1-2H3,(H,16,17). The first kappa shape index (κ1) is 13.1. The Balaban J connectivity index is 2.10. The van der Waals surface area contributed by atoms with Gasteiger partial charge in [-0.15, -0.1) is 11.3 Å². The van der Waals surface area contributed by atoms with Crippen molar-refractivity contribution in [3.8, 4) is 6.07 Å². The average molecular weight is 262 g/mol. The molecule has 0 aromatic carbocycles. The van der Waals surface area contributed by atoms with Gasteiger partial charge in [0.15, 0.2) is 0 Å². The van der Waals surface area contributed by atoms with E-state index in [1.807, 2.05) is 18.4 Å². The minimum absolute atomic E-state index is 0.0985. The third-order valence-corrected chi connectivity index (χ3v) is 4.78. The normalized spacial score (nSPS) is 27.5. The van der Waals surface area contributed by atoms with Crippen LogP contribution in [0.4, 0.5) is 0 Å². The second-order valence-corrected chi connectivity index (χ2v) is 6.18. The van der Waals surface area contributed by atoms with Gasteiger partial charge in [-0.1, -0.05) is 6.92 Å². The van der Waals surface area contributed by atoms with E-state index in [1.54, 1.807) is 0 Å². The lowest BCUT2D eigenvalue weighted by Crippen LogP contribution is -2.49. The number of hydrogen-bond donors (Lipinski definition) is 1. The highest BCUT2D eigenvalue weighted by atomic mass is 32.1. The lowest BCUT2D eigenvalue weighted by atomic mass is 9.78. The Labute approximate surface area is 112 Å². The first-order valence-corrected chi connectivity index (χ1v) is 7.22. The Morgan fingerprint density at radius 3 is 2.72 bits per heavy atom. The molecule has 18 heavy (non-hydrogen) atoms. The Kier molecular flexibility index (Phi) is 3.72. The largest absolute Gasteiger partial charge is 0.333 e. The molecule has 1 aromatic rings. The number of nitriles is 1.